The Hall–Kier alpha value is -1.84. The molecule has 0 saturated carbocycles. The molecule has 9 heteroatoms. The highest BCUT2D eigenvalue weighted by Crippen LogP contribution is 2.32. The minimum Gasteiger partial charge on any atom is -0.329 e. The van der Waals surface area contributed by atoms with E-state index in [4.69, 9.17) is 0 Å². The van der Waals surface area contributed by atoms with Crippen LogP contribution in [0.15, 0.2) is 40.6 Å². The monoisotopic (exact) mass is 420 g/mol. The number of amides is 1. The quantitative estimate of drug-likeness (QED) is 0.694. The molecule has 7 nitrogen and oxygen atoms in total. The van der Waals surface area contributed by atoms with E-state index in [1.54, 1.807) is 33.6 Å². The minimum atomic E-state index is -3.44. The molecular weight excluding hydrogens is 396 g/mol. The molecular formula is C19H24N4O3S2. The van der Waals surface area contributed by atoms with Gasteiger partial charge in [0.1, 0.15) is 0 Å². The van der Waals surface area contributed by atoms with Gasteiger partial charge in [0.25, 0.3) is 0 Å². The SMILES string of the molecule is Cn1ccnc1SCC(=O)N1CCCc2cc(S(=O)(=O)N3CCCC3)ccc21. The second-order valence-electron chi connectivity index (χ2n) is 7.16. The topological polar surface area (TPSA) is 75.5 Å². The van der Waals surface area contributed by atoms with Crippen LogP contribution < -0.4 is 4.90 Å². The molecule has 28 heavy (non-hydrogen) atoms. The van der Waals surface area contributed by atoms with Crippen molar-refractivity contribution in [3.05, 3.63) is 36.2 Å². The lowest BCUT2D eigenvalue weighted by molar-refractivity contribution is -0.116. The number of nitrogens with zero attached hydrogens (tertiary/aromatic N) is 4. The Balaban J connectivity index is 1.53. The van der Waals surface area contributed by atoms with Crippen molar-refractivity contribution < 1.29 is 13.2 Å². The third kappa shape index (κ3) is 3.70. The number of imidazole rings is 1. The number of aryl methyl sites for hydroxylation is 2. The predicted molar refractivity (Wildman–Crippen MR) is 109 cm³/mol. The second kappa shape index (κ2) is 7.88. The van der Waals surface area contributed by atoms with E-state index in [2.05, 4.69) is 4.98 Å². The smallest absolute Gasteiger partial charge is 0.243 e. The van der Waals surface area contributed by atoms with Crippen LogP contribution in [0.2, 0.25) is 0 Å². The summed E-state index contributed by atoms with van der Waals surface area (Å²) in [6.45, 7) is 1.84. The lowest BCUT2D eigenvalue weighted by Gasteiger charge is -2.30. The Morgan fingerprint density at radius 2 is 1.96 bits per heavy atom. The van der Waals surface area contributed by atoms with Gasteiger partial charge in [0.2, 0.25) is 15.9 Å². The van der Waals surface area contributed by atoms with E-state index < -0.39 is 10.0 Å². The first-order chi connectivity index (χ1) is 13.5. The number of anilines is 1. The van der Waals surface area contributed by atoms with Crippen molar-refractivity contribution in [2.45, 2.75) is 35.7 Å². The van der Waals surface area contributed by atoms with Gasteiger partial charge < -0.3 is 9.47 Å². The van der Waals surface area contributed by atoms with Gasteiger partial charge in [0.05, 0.1) is 10.6 Å². The maximum atomic E-state index is 12.8. The van der Waals surface area contributed by atoms with E-state index in [9.17, 15) is 13.2 Å². The van der Waals surface area contributed by atoms with Gasteiger partial charge in [0.15, 0.2) is 5.16 Å². The summed E-state index contributed by atoms with van der Waals surface area (Å²) in [5.74, 6) is 0.321. The van der Waals surface area contributed by atoms with Crippen molar-refractivity contribution in [3.8, 4) is 0 Å². The van der Waals surface area contributed by atoms with Crippen LogP contribution in [0.1, 0.15) is 24.8 Å². The molecule has 2 aromatic rings. The lowest BCUT2D eigenvalue weighted by Crippen LogP contribution is -2.37. The molecule has 2 aliphatic rings. The molecule has 1 aromatic heterocycles. The number of carbonyl (C=O) groups is 1. The fourth-order valence-electron chi connectivity index (χ4n) is 3.77. The molecule has 0 aliphatic carbocycles. The van der Waals surface area contributed by atoms with Crippen LogP contribution in [0.4, 0.5) is 5.69 Å². The van der Waals surface area contributed by atoms with Gasteiger partial charge in [-0.1, -0.05) is 11.8 Å². The van der Waals surface area contributed by atoms with Gasteiger partial charge in [-0.05, 0) is 49.4 Å². The van der Waals surface area contributed by atoms with Crippen LogP contribution in [0.3, 0.4) is 0 Å². The molecule has 3 heterocycles. The fraction of sp³-hybridized carbons (Fsp3) is 0.474. The van der Waals surface area contributed by atoms with E-state index in [1.807, 2.05) is 17.8 Å². The molecule has 4 rings (SSSR count). The van der Waals surface area contributed by atoms with Crippen LogP contribution >= 0.6 is 11.8 Å². The molecule has 1 amide bonds. The van der Waals surface area contributed by atoms with Crippen molar-refractivity contribution in [1.82, 2.24) is 13.9 Å². The number of hydrogen-bond acceptors (Lipinski definition) is 5. The first kappa shape index (κ1) is 19.5. The van der Waals surface area contributed by atoms with Crippen molar-refractivity contribution in [2.24, 2.45) is 7.05 Å². The molecule has 0 atom stereocenters. The normalized spacial score (nSPS) is 17.7. The molecule has 1 fully saturated rings. The highest BCUT2D eigenvalue weighted by atomic mass is 32.2. The molecule has 1 saturated heterocycles. The van der Waals surface area contributed by atoms with Crippen molar-refractivity contribution >= 4 is 33.4 Å². The minimum absolute atomic E-state index is 0.0177. The van der Waals surface area contributed by atoms with Crippen LogP contribution in [0, 0.1) is 0 Å². The lowest BCUT2D eigenvalue weighted by atomic mass is 10.0. The predicted octanol–water partition coefficient (Wildman–Crippen LogP) is 2.28. The summed E-state index contributed by atoms with van der Waals surface area (Å²) in [6.07, 6.45) is 7.02. The number of hydrogen-bond donors (Lipinski definition) is 0. The summed E-state index contributed by atoms with van der Waals surface area (Å²) in [4.78, 5) is 19.2. The standard InChI is InChI=1S/C19H24N4O3S2/c1-21-12-8-20-19(21)27-14-18(24)23-11-4-5-15-13-16(6-7-17(15)23)28(25,26)22-9-2-3-10-22/h6-8,12-13H,2-5,9-11,14H2,1H3. The van der Waals surface area contributed by atoms with E-state index in [-0.39, 0.29) is 5.91 Å². The van der Waals surface area contributed by atoms with Crippen LogP contribution in [0.5, 0.6) is 0 Å². The molecule has 0 spiro atoms. The number of sulfonamides is 1. The van der Waals surface area contributed by atoms with Gasteiger partial charge >= 0.3 is 0 Å². The van der Waals surface area contributed by atoms with Gasteiger partial charge in [-0.15, -0.1) is 0 Å². The summed E-state index contributed by atoms with van der Waals surface area (Å²) in [5.41, 5.74) is 1.76. The summed E-state index contributed by atoms with van der Waals surface area (Å²) < 4.78 is 29.1. The fourth-order valence-corrected chi connectivity index (χ4v) is 6.14. The van der Waals surface area contributed by atoms with Crippen LogP contribution in [-0.4, -0.2) is 53.6 Å². The van der Waals surface area contributed by atoms with Crippen LogP contribution in [-0.2, 0) is 28.3 Å². The Kier molecular flexibility index (Phi) is 5.48. The van der Waals surface area contributed by atoms with E-state index in [1.165, 1.54) is 11.8 Å². The zero-order chi connectivity index (χ0) is 19.7. The molecule has 0 radical (unpaired) electrons. The number of fused-ring (bicyclic) bond motifs is 1. The Morgan fingerprint density at radius 3 is 2.68 bits per heavy atom. The number of rotatable bonds is 5. The average Bonchev–Trinajstić information content (AvgIpc) is 3.37. The van der Waals surface area contributed by atoms with E-state index in [0.29, 0.717) is 30.3 Å². The van der Waals surface area contributed by atoms with E-state index in [0.717, 1.165) is 42.1 Å². The summed E-state index contributed by atoms with van der Waals surface area (Å²) in [5, 5.41) is 0.803. The third-order valence-corrected chi connectivity index (χ3v) is 8.21. The highest BCUT2D eigenvalue weighted by Gasteiger charge is 2.29. The summed E-state index contributed by atoms with van der Waals surface area (Å²) >= 11 is 1.41. The molecule has 150 valence electrons. The van der Waals surface area contributed by atoms with Crippen molar-refractivity contribution in [3.63, 3.8) is 0 Å². The Labute approximate surface area is 169 Å². The number of thioether (sulfide) groups is 1. The zero-order valence-corrected chi connectivity index (χ0v) is 17.5. The number of carbonyl (C=O) groups excluding carboxylic acids is 1. The molecule has 1 aromatic carbocycles. The van der Waals surface area contributed by atoms with Crippen LogP contribution in [0.25, 0.3) is 0 Å². The van der Waals surface area contributed by atoms with Crippen molar-refractivity contribution in [2.75, 3.05) is 30.3 Å². The van der Waals surface area contributed by atoms with Crippen molar-refractivity contribution in [1.29, 1.82) is 0 Å². The molecule has 0 N–H and O–H groups in total. The van der Waals surface area contributed by atoms with Gasteiger partial charge in [0, 0.05) is 44.8 Å². The Bertz CT molecular complexity index is 981. The largest absolute Gasteiger partial charge is 0.329 e. The van der Waals surface area contributed by atoms with E-state index >= 15 is 0 Å². The third-order valence-electron chi connectivity index (χ3n) is 5.28. The maximum Gasteiger partial charge on any atom is 0.243 e. The molecule has 0 unspecified atom stereocenters. The Morgan fingerprint density at radius 1 is 1.18 bits per heavy atom. The molecule has 0 bridgehead atoms. The first-order valence-corrected chi connectivity index (χ1v) is 11.9. The first-order valence-electron chi connectivity index (χ1n) is 9.50. The summed E-state index contributed by atoms with van der Waals surface area (Å²) in [6, 6.07) is 5.19. The zero-order valence-electron chi connectivity index (χ0n) is 15.9. The van der Waals surface area contributed by atoms with Gasteiger partial charge in [-0.2, -0.15) is 4.31 Å². The highest BCUT2D eigenvalue weighted by molar-refractivity contribution is 7.99. The average molecular weight is 421 g/mol. The summed E-state index contributed by atoms with van der Waals surface area (Å²) in [7, 11) is -1.54. The maximum absolute atomic E-state index is 12.8. The number of aromatic nitrogens is 2. The molecule has 2 aliphatic heterocycles. The number of benzene rings is 1. The van der Waals surface area contributed by atoms with Gasteiger partial charge in [-0.3, -0.25) is 4.79 Å². The second-order valence-corrected chi connectivity index (χ2v) is 10.0. The van der Waals surface area contributed by atoms with Gasteiger partial charge in [-0.25, -0.2) is 13.4 Å².